The second-order valence-electron chi connectivity index (χ2n) is 7.95. The maximum absolute atomic E-state index is 11.6. The fourth-order valence-electron chi connectivity index (χ4n) is 4.04. The van der Waals surface area contributed by atoms with E-state index in [1.807, 2.05) is 30.3 Å². The maximum Gasteiger partial charge on any atom is 0.220 e. The lowest BCUT2D eigenvalue weighted by molar-refractivity contribution is -0.121. The zero-order valence-electron chi connectivity index (χ0n) is 18.8. The van der Waals surface area contributed by atoms with E-state index in [1.165, 1.54) is 0 Å². The lowest BCUT2D eigenvalue weighted by atomic mass is 9.93. The van der Waals surface area contributed by atoms with Gasteiger partial charge in [-0.25, -0.2) is 4.68 Å². The molecule has 0 aliphatic carbocycles. The normalized spacial score (nSPS) is 14.8. The van der Waals surface area contributed by atoms with Crippen molar-refractivity contribution < 1.29 is 4.79 Å². The molecule has 4 N–H and O–H groups in total. The number of hydrogen-bond acceptors (Lipinski definition) is 5. The molecule has 0 unspecified atom stereocenters. The van der Waals surface area contributed by atoms with Crippen molar-refractivity contribution in [1.82, 2.24) is 25.3 Å². The largest absolute Gasteiger partial charge is 0.382 e. The van der Waals surface area contributed by atoms with Crippen LogP contribution in [0.5, 0.6) is 0 Å². The quantitative estimate of drug-likeness (QED) is 0.345. The van der Waals surface area contributed by atoms with E-state index in [-0.39, 0.29) is 5.91 Å². The van der Waals surface area contributed by atoms with Gasteiger partial charge in [-0.3, -0.25) is 9.79 Å². The second-order valence-corrected chi connectivity index (χ2v) is 7.95. The minimum absolute atomic E-state index is 0.109. The summed E-state index contributed by atoms with van der Waals surface area (Å²) in [7, 11) is 3.47. The van der Waals surface area contributed by atoms with Crippen LogP contribution in [0.2, 0.25) is 0 Å². The molecule has 0 saturated carbocycles. The van der Waals surface area contributed by atoms with Crippen LogP contribution >= 0.6 is 0 Å². The Bertz CT molecular complexity index is 968. The average Bonchev–Trinajstić information content (AvgIpc) is 3.15. The van der Waals surface area contributed by atoms with Crippen molar-refractivity contribution in [3.8, 4) is 11.8 Å². The molecule has 9 nitrogen and oxygen atoms in total. The summed E-state index contributed by atoms with van der Waals surface area (Å²) in [5, 5.41) is 20.3. The van der Waals surface area contributed by atoms with Gasteiger partial charge in [0.1, 0.15) is 17.5 Å². The highest BCUT2D eigenvalue weighted by molar-refractivity contribution is 5.80. The maximum atomic E-state index is 11.6. The van der Waals surface area contributed by atoms with Gasteiger partial charge < -0.3 is 21.3 Å². The van der Waals surface area contributed by atoms with Crippen LogP contribution in [0.1, 0.15) is 36.9 Å². The van der Waals surface area contributed by atoms with Crippen molar-refractivity contribution >= 4 is 17.7 Å². The van der Waals surface area contributed by atoms with E-state index in [4.69, 9.17) is 5.73 Å². The average molecular weight is 437 g/mol. The highest BCUT2D eigenvalue weighted by Gasteiger charge is 2.23. The van der Waals surface area contributed by atoms with Gasteiger partial charge in [-0.1, -0.05) is 18.2 Å². The summed E-state index contributed by atoms with van der Waals surface area (Å²) in [5.41, 5.74) is 8.17. The van der Waals surface area contributed by atoms with Crippen LogP contribution in [-0.2, 0) is 11.2 Å². The molecule has 170 valence electrons. The molecule has 1 aliphatic rings. The summed E-state index contributed by atoms with van der Waals surface area (Å²) in [4.78, 5) is 18.2. The Morgan fingerprint density at radius 3 is 2.66 bits per heavy atom. The number of aryl methyl sites for hydroxylation is 1. The van der Waals surface area contributed by atoms with Crippen LogP contribution in [0.4, 0.5) is 5.82 Å². The van der Waals surface area contributed by atoms with Gasteiger partial charge in [0.15, 0.2) is 5.96 Å². The van der Waals surface area contributed by atoms with Gasteiger partial charge in [0.2, 0.25) is 5.91 Å². The smallest absolute Gasteiger partial charge is 0.220 e. The van der Waals surface area contributed by atoms with Gasteiger partial charge >= 0.3 is 0 Å². The number of guanidine groups is 1. The SMILES string of the molecule is CN=C(NCCCc1nn(-c2ccccc2)c(N)c1C#N)N1CCC(CC(=O)NC)CC1. The number of nitrogens with zero attached hydrogens (tertiary/aromatic N) is 5. The number of aliphatic imine (C=N–C) groups is 1. The lowest BCUT2D eigenvalue weighted by Gasteiger charge is -2.34. The molecule has 1 fully saturated rings. The van der Waals surface area contributed by atoms with Gasteiger partial charge in [-0.05, 0) is 43.7 Å². The molecule has 3 rings (SSSR count). The Kier molecular flexibility index (Phi) is 8.08. The van der Waals surface area contributed by atoms with Crippen molar-refractivity contribution in [3.05, 3.63) is 41.6 Å². The number of likely N-dealkylation sites (tertiary alicyclic amines) is 1. The molecular weight excluding hydrogens is 404 g/mol. The summed E-state index contributed by atoms with van der Waals surface area (Å²) in [6, 6.07) is 11.8. The Morgan fingerprint density at radius 2 is 2.03 bits per heavy atom. The van der Waals surface area contributed by atoms with Crippen LogP contribution < -0.4 is 16.4 Å². The molecule has 0 bridgehead atoms. The number of carbonyl (C=O) groups is 1. The summed E-state index contributed by atoms with van der Waals surface area (Å²) in [6.45, 7) is 2.49. The predicted octanol–water partition coefficient (Wildman–Crippen LogP) is 1.68. The number of hydrogen-bond donors (Lipinski definition) is 3. The van der Waals surface area contributed by atoms with E-state index in [0.29, 0.717) is 42.4 Å². The van der Waals surface area contributed by atoms with Crippen molar-refractivity contribution in [2.24, 2.45) is 10.9 Å². The molecule has 0 spiro atoms. The number of nitrogen functional groups attached to an aromatic ring is 1. The summed E-state index contributed by atoms with van der Waals surface area (Å²) in [5.74, 6) is 1.78. The molecule has 0 atom stereocenters. The standard InChI is InChI=1S/C23H32N8O/c1-26-21(32)15-17-10-13-30(14-11-17)23(27-2)28-12-6-9-20-19(16-24)22(25)31(29-20)18-7-4-3-5-8-18/h3-5,7-8,17H,6,9-15,25H2,1-2H3,(H,26,32)(H,27,28). The first-order valence-corrected chi connectivity index (χ1v) is 11.1. The number of para-hydroxylation sites is 1. The third kappa shape index (κ3) is 5.58. The Morgan fingerprint density at radius 1 is 1.31 bits per heavy atom. The minimum atomic E-state index is 0.109. The van der Waals surface area contributed by atoms with Gasteiger partial charge in [-0.15, -0.1) is 0 Å². The van der Waals surface area contributed by atoms with E-state index in [0.717, 1.165) is 44.0 Å². The highest BCUT2D eigenvalue weighted by atomic mass is 16.1. The van der Waals surface area contributed by atoms with E-state index < -0.39 is 0 Å². The molecule has 1 saturated heterocycles. The first-order valence-electron chi connectivity index (χ1n) is 11.1. The van der Waals surface area contributed by atoms with Crippen molar-refractivity contribution in [2.75, 3.05) is 39.5 Å². The lowest BCUT2D eigenvalue weighted by Crippen LogP contribution is -2.46. The van der Waals surface area contributed by atoms with Gasteiger partial charge in [0, 0.05) is 40.2 Å². The molecule has 1 aromatic heterocycles. The molecule has 9 heteroatoms. The minimum Gasteiger partial charge on any atom is -0.382 e. The zero-order chi connectivity index (χ0) is 22.9. The molecule has 32 heavy (non-hydrogen) atoms. The second kappa shape index (κ2) is 11.2. The molecule has 0 radical (unpaired) electrons. The number of aromatic nitrogens is 2. The van der Waals surface area contributed by atoms with Gasteiger partial charge in [0.05, 0.1) is 11.4 Å². The summed E-state index contributed by atoms with van der Waals surface area (Å²) >= 11 is 0. The third-order valence-corrected chi connectivity index (χ3v) is 5.86. The Hall–Kier alpha value is -3.54. The van der Waals surface area contributed by atoms with Gasteiger partial charge in [0.25, 0.3) is 0 Å². The number of nitriles is 1. The van der Waals surface area contributed by atoms with Gasteiger partial charge in [-0.2, -0.15) is 10.4 Å². The third-order valence-electron chi connectivity index (χ3n) is 5.86. The van der Waals surface area contributed by atoms with E-state index in [2.05, 4.69) is 31.7 Å². The summed E-state index contributed by atoms with van der Waals surface area (Å²) in [6.07, 6.45) is 4.00. The molecule has 1 aliphatic heterocycles. The number of nitrogens with two attached hydrogens (primary N) is 1. The van der Waals surface area contributed by atoms with Crippen molar-refractivity contribution in [2.45, 2.75) is 32.1 Å². The van der Waals surface area contributed by atoms with E-state index in [9.17, 15) is 10.1 Å². The van der Waals surface area contributed by atoms with Crippen LogP contribution in [0, 0.1) is 17.2 Å². The predicted molar refractivity (Wildman–Crippen MR) is 125 cm³/mol. The highest BCUT2D eigenvalue weighted by Crippen LogP contribution is 2.22. The molecule has 2 heterocycles. The van der Waals surface area contributed by atoms with Crippen LogP contribution in [0.15, 0.2) is 35.3 Å². The molecular formula is C23H32N8O. The fourth-order valence-corrected chi connectivity index (χ4v) is 4.04. The number of amides is 1. The van der Waals surface area contributed by atoms with Crippen LogP contribution in [-0.4, -0.2) is 60.3 Å². The topological polar surface area (TPSA) is 124 Å². The molecule has 1 amide bonds. The monoisotopic (exact) mass is 436 g/mol. The number of piperidine rings is 1. The van der Waals surface area contributed by atoms with Crippen LogP contribution in [0.25, 0.3) is 5.69 Å². The number of benzene rings is 1. The van der Waals surface area contributed by atoms with E-state index in [1.54, 1.807) is 18.8 Å². The number of nitrogens with one attached hydrogen (secondary N) is 2. The Labute approximate surface area is 189 Å². The number of anilines is 1. The molecule has 2 aromatic rings. The first kappa shape index (κ1) is 23.1. The number of carbonyl (C=O) groups excluding carboxylic acids is 1. The van der Waals surface area contributed by atoms with Crippen LogP contribution in [0.3, 0.4) is 0 Å². The van der Waals surface area contributed by atoms with Crippen molar-refractivity contribution in [1.29, 1.82) is 5.26 Å². The number of rotatable bonds is 7. The Balaban J connectivity index is 1.51. The summed E-state index contributed by atoms with van der Waals surface area (Å²) < 4.78 is 1.63. The fraction of sp³-hybridized carbons (Fsp3) is 0.478. The van der Waals surface area contributed by atoms with E-state index >= 15 is 0 Å². The zero-order valence-corrected chi connectivity index (χ0v) is 18.8. The molecule has 1 aromatic carbocycles. The van der Waals surface area contributed by atoms with Crippen molar-refractivity contribution in [3.63, 3.8) is 0 Å². The first-order chi connectivity index (χ1) is 15.6.